The molecule has 0 saturated heterocycles. The Hall–Kier alpha value is -2.04. The predicted molar refractivity (Wildman–Crippen MR) is 89.8 cm³/mol. The van der Waals surface area contributed by atoms with Crippen molar-refractivity contribution in [1.82, 2.24) is 5.32 Å². The molecule has 0 bridgehead atoms. The maximum absolute atomic E-state index is 11.9. The Labute approximate surface area is 138 Å². The summed E-state index contributed by atoms with van der Waals surface area (Å²) >= 11 is 0. The molecule has 0 heterocycles. The number of carboxylic acid groups (broad SMARTS) is 1. The minimum atomic E-state index is -1.02. The summed E-state index contributed by atoms with van der Waals surface area (Å²) in [5.41, 5.74) is 2.35. The lowest BCUT2D eigenvalue weighted by molar-refractivity contribution is -0.143. The maximum atomic E-state index is 11.9. The van der Waals surface area contributed by atoms with Crippen molar-refractivity contribution in [3.63, 3.8) is 0 Å². The van der Waals surface area contributed by atoms with Gasteiger partial charge in [-0.2, -0.15) is 0 Å². The van der Waals surface area contributed by atoms with Crippen LogP contribution >= 0.6 is 0 Å². The van der Waals surface area contributed by atoms with Crippen LogP contribution in [0.1, 0.15) is 51.2 Å². The molecule has 0 radical (unpaired) electrons. The molecule has 0 aliphatic heterocycles. The lowest BCUT2D eigenvalue weighted by atomic mass is 9.98. The Morgan fingerprint density at radius 3 is 2.39 bits per heavy atom. The largest absolute Gasteiger partial charge is 0.484 e. The number of ether oxygens (including phenoxy) is 1. The lowest BCUT2D eigenvalue weighted by Gasteiger charge is -2.20. The van der Waals surface area contributed by atoms with Gasteiger partial charge in [-0.25, -0.2) is 4.79 Å². The second-order valence-electron chi connectivity index (χ2n) is 6.23. The highest BCUT2D eigenvalue weighted by Crippen LogP contribution is 2.23. The van der Waals surface area contributed by atoms with E-state index in [4.69, 9.17) is 4.74 Å². The van der Waals surface area contributed by atoms with Crippen molar-refractivity contribution in [3.8, 4) is 5.75 Å². The number of benzene rings is 1. The van der Waals surface area contributed by atoms with Crippen LogP contribution in [0, 0.1) is 12.8 Å². The van der Waals surface area contributed by atoms with E-state index < -0.39 is 17.9 Å². The van der Waals surface area contributed by atoms with E-state index in [2.05, 4.69) is 19.2 Å². The molecular weight excluding hydrogens is 294 g/mol. The van der Waals surface area contributed by atoms with Crippen molar-refractivity contribution in [1.29, 1.82) is 0 Å². The molecule has 2 N–H and O–H groups in total. The number of carboxylic acids is 1. The van der Waals surface area contributed by atoms with Crippen molar-refractivity contribution in [2.45, 2.75) is 53.0 Å². The maximum Gasteiger partial charge on any atom is 0.326 e. The second-order valence-corrected chi connectivity index (χ2v) is 6.23. The van der Waals surface area contributed by atoms with Crippen LogP contribution in [0.5, 0.6) is 5.75 Å². The molecule has 1 aromatic carbocycles. The first-order valence-electron chi connectivity index (χ1n) is 8.01. The van der Waals surface area contributed by atoms with Crippen molar-refractivity contribution in [3.05, 3.63) is 29.3 Å². The first-order valence-corrected chi connectivity index (χ1v) is 8.01. The summed E-state index contributed by atoms with van der Waals surface area (Å²) in [6.45, 7) is 9.75. The van der Waals surface area contributed by atoms with Crippen LogP contribution < -0.4 is 10.1 Å². The first-order chi connectivity index (χ1) is 10.8. The number of aliphatic carboxylic acids is 1. The molecule has 0 aliphatic rings. The van der Waals surface area contributed by atoms with Gasteiger partial charge in [-0.1, -0.05) is 40.2 Å². The van der Waals surface area contributed by atoms with Crippen molar-refractivity contribution in [2.24, 2.45) is 5.92 Å². The van der Waals surface area contributed by atoms with E-state index in [9.17, 15) is 14.7 Å². The molecule has 0 fully saturated rings. The van der Waals surface area contributed by atoms with E-state index in [1.165, 1.54) is 5.56 Å². The average Bonchev–Trinajstić information content (AvgIpc) is 2.49. The van der Waals surface area contributed by atoms with Gasteiger partial charge < -0.3 is 15.2 Å². The molecule has 0 aromatic heterocycles. The fourth-order valence-corrected chi connectivity index (χ4v) is 2.43. The normalized spacial score (nSPS) is 13.5. The van der Waals surface area contributed by atoms with Crippen LogP contribution in [0.2, 0.25) is 0 Å². The van der Waals surface area contributed by atoms with Crippen LogP contribution in [0.3, 0.4) is 0 Å². The van der Waals surface area contributed by atoms with Crippen LogP contribution in [-0.4, -0.2) is 29.6 Å². The highest BCUT2D eigenvalue weighted by molar-refractivity contribution is 5.84. The summed E-state index contributed by atoms with van der Waals surface area (Å²) in [7, 11) is 0. The zero-order valence-electron chi connectivity index (χ0n) is 14.6. The molecule has 0 aliphatic carbocycles. The minimum absolute atomic E-state index is 0.135. The second kappa shape index (κ2) is 8.56. The average molecular weight is 321 g/mol. The van der Waals surface area contributed by atoms with Gasteiger partial charge >= 0.3 is 5.97 Å². The number of hydrogen-bond donors (Lipinski definition) is 2. The van der Waals surface area contributed by atoms with Gasteiger partial charge in [0, 0.05) is 0 Å². The van der Waals surface area contributed by atoms with Gasteiger partial charge in [0.2, 0.25) is 0 Å². The third kappa shape index (κ3) is 5.58. The van der Waals surface area contributed by atoms with Crippen LogP contribution in [-0.2, 0) is 9.59 Å². The molecule has 5 heteroatoms. The smallest absolute Gasteiger partial charge is 0.326 e. The number of carbonyl (C=O) groups is 2. The summed E-state index contributed by atoms with van der Waals surface area (Å²) in [6, 6.07) is 4.83. The van der Waals surface area contributed by atoms with E-state index >= 15 is 0 Å². The Morgan fingerprint density at radius 2 is 1.91 bits per heavy atom. The summed E-state index contributed by atoms with van der Waals surface area (Å²) in [6.07, 6.45) is 0.675. The fourth-order valence-electron chi connectivity index (χ4n) is 2.43. The monoisotopic (exact) mass is 321 g/mol. The molecule has 2 atom stereocenters. The van der Waals surface area contributed by atoms with Gasteiger partial charge in [-0.05, 0) is 42.0 Å². The van der Waals surface area contributed by atoms with Gasteiger partial charge in [0.15, 0.2) is 6.61 Å². The number of hydrogen-bond acceptors (Lipinski definition) is 3. The zero-order chi connectivity index (χ0) is 17.6. The summed E-state index contributed by atoms with van der Waals surface area (Å²) in [5, 5.41) is 11.7. The lowest BCUT2D eigenvalue weighted by Crippen LogP contribution is -2.46. The predicted octanol–water partition coefficient (Wildman–Crippen LogP) is 3.11. The molecule has 2 unspecified atom stereocenters. The third-order valence-corrected chi connectivity index (χ3v) is 4.03. The van der Waals surface area contributed by atoms with E-state index in [0.717, 1.165) is 5.56 Å². The molecule has 1 aromatic rings. The van der Waals surface area contributed by atoms with Crippen LogP contribution in [0.15, 0.2) is 18.2 Å². The standard InChI is InChI=1S/C18H27NO4/c1-6-12(4)17(18(21)22)19-16(20)10-23-14-7-8-15(11(2)3)13(5)9-14/h7-9,11-12,17H,6,10H2,1-5H3,(H,19,20)(H,21,22). The molecule has 5 nitrogen and oxygen atoms in total. The Balaban J connectivity index is 2.62. The Morgan fingerprint density at radius 1 is 1.26 bits per heavy atom. The van der Waals surface area contributed by atoms with Crippen LogP contribution in [0.25, 0.3) is 0 Å². The van der Waals surface area contributed by atoms with Crippen molar-refractivity contribution in [2.75, 3.05) is 6.61 Å². The van der Waals surface area contributed by atoms with Gasteiger partial charge in [0.25, 0.3) is 5.91 Å². The molecule has 128 valence electrons. The van der Waals surface area contributed by atoms with Gasteiger partial charge in [0.1, 0.15) is 11.8 Å². The highest BCUT2D eigenvalue weighted by Gasteiger charge is 2.25. The highest BCUT2D eigenvalue weighted by atomic mass is 16.5. The quantitative estimate of drug-likeness (QED) is 0.771. The van der Waals surface area contributed by atoms with Gasteiger partial charge in [0.05, 0.1) is 0 Å². The van der Waals surface area contributed by atoms with E-state index in [1.54, 1.807) is 6.92 Å². The number of nitrogens with one attached hydrogen (secondary N) is 1. The van der Waals surface area contributed by atoms with Gasteiger partial charge in [-0.3, -0.25) is 4.79 Å². The topological polar surface area (TPSA) is 75.6 Å². The number of carbonyl (C=O) groups excluding carboxylic acids is 1. The SMILES string of the molecule is CCC(C)C(NC(=O)COc1ccc(C(C)C)c(C)c1)C(=O)O. The van der Waals surface area contributed by atoms with Gasteiger partial charge in [-0.15, -0.1) is 0 Å². The molecule has 0 saturated carbocycles. The van der Waals surface area contributed by atoms with E-state index in [1.807, 2.05) is 32.0 Å². The van der Waals surface area contributed by atoms with E-state index in [0.29, 0.717) is 18.1 Å². The van der Waals surface area contributed by atoms with Crippen LogP contribution in [0.4, 0.5) is 0 Å². The summed E-state index contributed by atoms with van der Waals surface area (Å²) < 4.78 is 5.47. The molecule has 23 heavy (non-hydrogen) atoms. The Kier molecular flexibility index (Phi) is 7.07. The van der Waals surface area contributed by atoms with Crippen molar-refractivity contribution < 1.29 is 19.4 Å². The zero-order valence-corrected chi connectivity index (χ0v) is 14.6. The number of aryl methyl sites for hydroxylation is 1. The Bertz CT molecular complexity index is 554. The fraction of sp³-hybridized carbons (Fsp3) is 0.556. The van der Waals surface area contributed by atoms with Crippen molar-refractivity contribution >= 4 is 11.9 Å². The number of rotatable bonds is 8. The molecule has 0 spiro atoms. The summed E-state index contributed by atoms with van der Waals surface area (Å²) in [4.78, 5) is 23.1. The molecule has 1 amide bonds. The first kappa shape index (κ1) is 19.0. The third-order valence-electron chi connectivity index (χ3n) is 4.03. The minimum Gasteiger partial charge on any atom is -0.484 e. The number of amides is 1. The van der Waals surface area contributed by atoms with E-state index in [-0.39, 0.29) is 12.5 Å². The summed E-state index contributed by atoms with van der Waals surface area (Å²) in [5.74, 6) is -0.547. The molecular formula is C18H27NO4. The molecule has 1 rings (SSSR count).